The van der Waals surface area contributed by atoms with Crippen LogP contribution < -0.4 is 15.9 Å². The first-order chi connectivity index (χ1) is 28.2. The van der Waals surface area contributed by atoms with Crippen molar-refractivity contribution in [1.82, 2.24) is 9.38 Å². The minimum Gasteiger partial charge on any atom is -0.309 e. The molecule has 0 spiro atoms. The van der Waals surface area contributed by atoms with Crippen molar-refractivity contribution in [2.24, 2.45) is 0 Å². The van der Waals surface area contributed by atoms with Crippen molar-refractivity contribution < 1.29 is 4.57 Å². The number of aromatic nitrogens is 2. The minimum absolute atomic E-state index is 0.820. The molecule has 0 radical (unpaired) electrons. The van der Waals surface area contributed by atoms with Gasteiger partial charge in [0, 0.05) is 32.2 Å². The molecule has 0 saturated heterocycles. The summed E-state index contributed by atoms with van der Waals surface area (Å²) in [5.41, 5.74) is 6.23. The molecular weight excluding hydrogens is 712 g/mol. The van der Waals surface area contributed by atoms with E-state index in [2.05, 4.69) is 144 Å². The summed E-state index contributed by atoms with van der Waals surface area (Å²) in [6.45, 7) is 0. The summed E-state index contributed by atoms with van der Waals surface area (Å²) in [6, 6.07) is 70.1. The first-order valence-electron chi connectivity index (χ1n) is 19.4. The summed E-state index contributed by atoms with van der Waals surface area (Å²) in [4.78, 5) is 5.52. The van der Waals surface area contributed by atoms with Gasteiger partial charge in [-0.3, -0.25) is 4.40 Å². The van der Waals surface area contributed by atoms with Crippen LogP contribution in [0, 0.1) is 0 Å². The Balaban J connectivity index is 1.29. The number of imidazole rings is 1. The maximum Gasteiger partial charge on any atom is 0.172 e. The summed E-state index contributed by atoms with van der Waals surface area (Å²) < 4.78 is 18.7. The summed E-state index contributed by atoms with van der Waals surface area (Å²) in [6.07, 6.45) is 0. The smallest absolute Gasteiger partial charge is 0.172 e. The molecule has 0 aliphatic carbocycles. The molecule has 0 unspecified atom stereocenters. The van der Waals surface area contributed by atoms with Crippen molar-refractivity contribution in [3.05, 3.63) is 200 Å². The van der Waals surface area contributed by atoms with Crippen molar-refractivity contribution in [3.63, 3.8) is 0 Å². The van der Waals surface area contributed by atoms with Crippen LogP contribution in [0.2, 0.25) is 0 Å². The molecule has 0 N–H and O–H groups in total. The number of benzene rings is 10. The number of hydrogen-bond donors (Lipinski definition) is 0. The molecule has 12 aromatic rings. The fourth-order valence-corrected chi connectivity index (χ4v) is 12.6. The number of fused-ring (bicyclic) bond motifs is 13. The topological polar surface area (TPSA) is 34.4 Å². The van der Waals surface area contributed by atoms with Gasteiger partial charge in [-0.2, -0.15) is 0 Å². The second-order valence-corrected chi connectivity index (χ2v) is 17.7. The second kappa shape index (κ2) is 12.2. The van der Waals surface area contributed by atoms with E-state index in [1.807, 2.05) is 60.7 Å². The third-order valence-electron chi connectivity index (χ3n) is 12.0. The van der Waals surface area contributed by atoms with Crippen LogP contribution in [0.15, 0.2) is 200 Å². The quantitative estimate of drug-likeness (QED) is 0.102. The van der Waals surface area contributed by atoms with Crippen LogP contribution >= 0.6 is 7.14 Å². The SMILES string of the molecule is O=P(c1ccccc1)(c1ccccc1)c1c2ccccc2c(-c2cccc3nc4c5c6ccccc6ccc5c5cc6ccccc6cc5n4c23)c2ccccc12. The van der Waals surface area contributed by atoms with Crippen molar-refractivity contribution >= 4 is 105 Å². The lowest BCUT2D eigenvalue weighted by atomic mass is 9.91. The molecule has 4 heteroatoms. The summed E-state index contributed by atoms with van der Waals surface area (Å²) in [5.74, 6) is 0. The zero-order valence-corrected chi connectivity index (χ0v) is 31.7. The average Bonchev–Trinajstić information content (AvgIpc) is 3.68. The highest BCUT2D eigenvalue weighted by molar-refractivity contribution is 7.86. The Morgan fingerprint density at radius 3 is 1.61 bits per heavy atom. The van der Waals surface area contributed by atoms with E-state index in [1.165, 1.54) is 32.3 Å². The lowest BCUT2D eigenvalue weighted by Crippen LogP contribution is -2.26. The van der Waals surface area contributed by atoms with Gasteiger partial charge in [-0.05, 0) is 72.2 Å². The first-order valence-corrected chi connectivity index (χ1v) is 21.1. The molecule has 10 aromatic carbocycles. The Bertz CT molecular complexity index is 3560. The summed E-state index contributed by atoms with van der Waals surface area (Å²) in [7, 11) is -3.38. The Labute approximate surface area is 328 Å². The fourth-order valence-electron chi connectivity index (χ4n) is 9.51. The van der Waals surface area contributed by atoms with E-state index < -0.39 is 7.14 Å². The zero-order valence-electron chi connectivity index (χ0n) is 30.8. The Hall–Kier alpha value is -7.06. The van der Waals surface area contributed by atoms with E-state index in [-0.39, 0.29) is 0 Å². The highest BCUT2D eigenvalue weighted by atomic mass is 31.2. The van der Waals surface area contributed by atoms with Crippen LogP contribution in [-0.4, -0.2) is 9.38 Å². The van der Waals surface area contributed by atoms with E-state index >= 15 is 4.57 Å². The summed E-state index contributed by atoms with van der Waals surface area (Å²) >= 11 is 0. The van der Waals surface area contributed by atoms with Gasteiger partial charge in [0.2, 0.25) is 0 Å². The van der Waals surface area contributed by atoms with Gasteiger partial charge < -0.3 is 4.57 Å². The molecule has 0 atom stereocenters. The van der Waals surface area contributed by atoms with Gasteiger partial charge in [0.05, 0.1) is 16.6 Å². The monoisotopic (exact) mass is 744 g/mol. The number of nitrogens with zero attached hydrogens (tertiary/aromatic N) is 2. The van der Waals surface area contributed by atoms with Crippen molar-refractivity contribution in [2.75, 3.05) is 0 Å². The largest absolute Gasteiger partial charge is 0.309 e. The number of hydrogen-bond acceptors (Lipinski definition) is 2. The van der Waals surface area contributed by atoms with Gasteiger partial charge in [0.15, 0.2) is 7.14 Å². The van der Waals surface area contributed by atoms with Gasteiger partial charge in [0.25, 0.3) is 0 Å². The standard InChI is InChI=1S/C53H33N2OP/c56-57(37-19-3-1-4-20-37,38-21-5-2-6-22-38)52-43-26-13-11-24-40(43)49(41-25-12-14-27-44(41)52)45-28-15-29-47-51(45)55-48-33-36-18-8-7-17-35(36)32-46(48)42-31-30-34-16-9-10-23-39(34)50(42)53(55)54-47/h1-33H. The first kappa shape index (κ1) is 32.2. The Kier molecular flexibility index (Phi) is 6.90. The Morgan fingerprint density at radius 2 is 0.965 bits per heavy atom. The molecular formula is C53H33N2OP. The maximum atomic E-state index is 16.3. The molecule has 0 aliphatic rings. The lowest BCUT2D eigenvalue weighted by molar-refractivity contribution is 0.593. The average molecular weight is 745 g/mol. The molecule has 0 fully saturated rings. The van der Waals surface area contributed by atoms with E-state index in [4.69, 9.17) is 4.98 Å². The minimum atomic E-state index is -3.38. The lowest BCUT2D eigenvalue weighted by Gasteiger charge is -2.25. The molecule has 2 aromatic heterocycles. The maximum absolute atomic E-state index is 16.3. The zero-order chi connectivity index (χ0) is 37.7. The van der Waals surface area contributed by atoms with Gasteiger partial charge >= 0.3 is 0 Å². The predicted molar refractivity (Wildman–Crippen MR) is 243 cm³/mol. The summed E-state index contributed by atoms with van der Waals surface area (Å²) in [5, 5.41) is 14.9. The van der Waals surface area contributed by atoms with E-state index in [1.54, 1.807) is 0 Å². The molecule has 0 saturated carbocycles. The van der Waals surface area contributed by atoms with Gasteiger partial charge in [-0.25, -0.2) is 4.98 Å². The normalized spacial score (nSPS) is 12.3. The second-order valence-electron chi connectivity index (χ2n) is 15.0. The van der Waals surface area contributed by atoms with Crippen LogP contribution in [0.4, 0.5) is 0 Å². The molecule has 0 bridgehead atoms. The highest BCUT2D eigenvalue weighted by Crippen LogP contribution is 2.50. The highest BCUT2D eigenvalue weighted by Gasteiger charge is 2.34. The van der Waals surface area contributed by atoms with Crippen molar-refractivity contribution in [1.29, 1.82) is 0 Å². The van der Waals surface area contributed by atoms with Crippen LogP contribution in [-0.2, 0) is 4.57 Å². The number of rotatable bonds is 4. The Morgan fingerprint density at radius 1 is 0.421 bits per heavy atom. The van der Waals surface area contributed by atoms with E-state index in [9.17, 15) is 0 Å². The third-order valence-corrected chi connectivity index (χ3v) is 15.1. The fraction of sp³-hybridized carbons (Fsp3) is 0. The molecule has 0 aliphatic heterocycles. The molecule has 3 nitrogen and oxygen atoms in total. The molecule has 0 amide bonds. The third kappa shape index (κ3) is 4.55. The van der Waals surface area contributed by atoms with E-state index in [0.717, 1.165) is 76.2 Å². The van der Waals surface area contributed by atoms with Gasteiger partial charge in [-0.1, -0.05) is 182 Å². The van der Waals surface area contributed by atoms with Gasteiger partial charge in [-0.15, -0.1) is 0 Å². The molecule has 266 valence electrons. The van der Waals surface area contributed by atoms with Crippen LogP contribution in [0.1, 0.15) is 0 Å². The molecule has 57 heavy (non-hydrogen) atoms. The number of para-hydroxylation sites is 1. The van der Waals surface area contributed by atoms with E-state index in [0.29, 0.717) is 0 Å². The van der Waals surface area contributed by atoms with Crippen molar-refractivity contribution in [2.45, 2.75) is 0 Å². The van der Waals surface area contributed by atoms with Crippen LogP contribution in [0.5, 0.6) is 0 Å². The van der Waals surface area contributed by atoms with Crippen molar-refractivity contribution in [3.8, 4) is 11.1 Å². The molecule has 12 rings (SSSR count). The predicted octanol–water partition coefficient (Wildman–Crippen LogP) is 12.7. The van der Waals surface area contributed by atoms with Crippen LogP contribution in [0.25, 0.3) is 92.6 Å². The number of pyridine rings is 1. The van der Waals surface area contributed by atoms with Gasteiger partial charge in [0.1, 0.15) is 5.65 Å². The van der Waals surface area contributed by atoms with Crippen LogP contribution in [0.3, 0.4) is 0 Å². The molecule has 2 heterocycles.